The highest BCUT2D eigenvalue weighted by molar-refractivity contribution is 7.91. The minimum atomic E-state index is -3.19. The fourth-order valence-corrected chi connectivity index (χ4v) is 10.3. The molecule has 4 aliphatic carbocycles. The lowest BCUT2D eigenvalue weighted by Gasteiger charge is -2.61. The SMILES string of the molecule is CC.CC12CCC(O)CC1CCC1C2CCC2(C)C1CC[C@@H]2CCS(=O)(=O)c1ccccc1. The van der Waals surface area contributed by atoms with E-state index in [4.69, 9.17) is 0 Å². The lowest BCUT2D eigenvalue weighted by atomic mass is 9.44. The van der Waals surface area contributed by atoms with Crippen LogP contribution in [-0.4, -0.2) is 25.4 Å². The normalized spacial score (nSPS) is 42.3. The molecule has 0 bridgehead atoms. The summed E-state index contributed by atoms with van der Waals surface area (Å²) in [6.07, 6.45) is 11.6. The lowest BCUT2D eigenvalue weighted by Crippen LogP contribution is -2.53. The zero-order chi connectivity index (χ0) is 23.9. The molecule has 33 heavy (non-hydrogen) atoms. The van der Waals surface area contributed by atoms with Crippen molar-refractivity contribution >= 4 is 9.84 Å². The molecule has 4 saturated carbocycles. The highest BCUT2D eigenvalue weighted by Gasteiger charge is 2.59. The Balaban J connectivity index is 0.00000126. The van der Waals surface area contributed by atoms with Gasteiger partial charge in [0.05, 0.1) is 16.8 Å². The van der Waals surface area contributed by atoms with Gasteiger partial charge in [0.1, 0.15) is 0 Å². The fraction of sp³-hybridized carbons (Fsp3) is 0.793. The number of sulfone groups is 1. The highest BCUT2D eigenvalue weighted by atomic mass is 32.2. The maximum Gasteiger partial charge on any atom is 0.178 e. The third-order valence-electron chi connectivity index (χ3n) is 10.7. The molecular weight excluding hydrogens is 428 g/mol. The molecule has 0 aliphatic heterocycles. The molecule has 0 spiro atoms. The van der Waals surface area contributed by atoms with Gasteiger partial charge >= 0.3 is 0 Å². The summed E-state index contributed by atoms with van der Waals surface area (Å²) in [6.45, 7) is 9.04. The molecule has 0 aromatic heterocycles. The van der Waals surface area contributed by atoms with Crippen LogP contribution in [0.1, 0.15) is 91.9 Å². The molecule has 3 nitrogen and oxygen atoms in total. The van der Waals surface area contributed by atoms with E-state index >= 15 is 0 Å². The van der Waals surface area contributed by atoms with Crippen molar-refractivity contribution in [3.63, 3.8) is 0 Å². The van der Waals surface area contributed by atoms with E-state index in [2.05, 4.69) is 13.8 Å². The molecule has 5 rings (SSSR count). The van der Waals surface area contributed by atoms with Crippen LogP contribution in [0.2, 0.25) is 0 Å². The second-order valence-corrected chi connectivity index (χ2v) is 13.9. The Morgan fingerprint density at radius 3 is 2.27 bits per heavy atom. The summed E-state index contributed by atoms with van der Waals surface area (Å²) in [7, 11) is -3.19. The minimum absolute atomic E-state index is 0.0779. The Morgan fingerprint density at radius 2 is 1.55 bits per heavy atom. The zero-order valence-electron chi connectivity index (χ0n) is 21.3. The molecule has 4 aliphatic rings. The average Bonchev–Trinajstić information content (AvgIpc) is 3.16. The monoisotopic (exact) mass is 474 g/mol. The zero-order valence-corrected chi connectivity index (χ0v) is 22.1. The molecule has 8 atom stereocenters. The van der Waals surface area contributed by atoms with Crippen molar-refractivity contribution in [3.05, 3.63) is 30.3 Å². The van der Waals surface area contributed by atoms with Crippen molar-refractivity contribution in [2.45, 2.75) is 103 Å². The molecule has 4 heteroatoms. The Bertz CT molecular complexity index is 897. The van der Waals surface area contributed by atoms with E-state index in [0.29, 0.717) is 27.6 Å². The van der Waals surface area contributed by atoms with Crippen LogP contribution in [-0.2, 0) is 9.84 Å². The minimum Gasteiger partial charge on any atom is -0.393 e. The van der Waals surface area contributed by atoms with Gasteiger partial charge in [0.25, 0.3) is 0 Å². The molecule has 4 fully saturated rings. The Labute approximate surface area is 202 Å². The molecular formula is C29H46O3S. The quantitative estimate of drug-likeness (QED) is 0.516. The second-order valence-electron chi connectivity index (χ2n) is 11.8. The van der Waals surface area contributed by atoms with Crippen molar-refractivity contribution in [1.82, 2.24) is 0 Å². The number of aliphatic hydroxyl groups excluding tert-OH is 1. The van der Waals surface area contributed by atoms with Crippen LogP contribution in [0.15, 0.2) is 35.2 Å². The first kappa shape index (κ1) is 25.2. The van der Waals surface area contributed by atoms with Crippen LogP contribution in [0.4, 0.5) is 0 Å². The highest BCUT2D eigenvalue weighted by Crippen LogP contribution is 2.67. The number of hydrogen-bond acceptors (Lipinski definition) is 3. The van der Waals surface area contributed by atoms with Crippen LogP contribution in [0, 0.1) is 40.4 Å². The predicted octanol–water partition coefficient (Wildman–Crippen LogP) is 6.90. The summed E-state index contributed by atoms with van der Waals surface area (Å²) < 4.78 is 25.8. The summed E-state index contributed by atoms with van der Waals surface area (Å²) in [4.78, 5) is 0.476. The van der Waals surface area contributed by atoms with Gasteiger partial charge in [-0.05, 0) is 117 Å². The van der Waals surface area contributed by atoms with Crippen LogP contribution >= 0.6 is 0 Å². The van der Waals surface area contributed by atoms with Gasteiger partial charge in [-0.15, -0.1) is 0 Å². The van der Waals surface area contributed by atoms with Crippen molar-refractivity contribution in [2.75, 3.05) is 5.75 Å². The Morgan fingerprint density at radius 1 is 0.879 bits per heavy atom. The van der Waals surface area contributed by atoms with E-state index in [1.165, 1.54) is 44.9 Å². The third kappa shape index (κ3) is 4.44. The topological polar surface area (TPSA) is 54.4 Å². The Hall–Kier alpha value is -0.870. The summed E-state index contributed by atoms with van der Waals surface area (Å²) >= 11 is 0. The van der Waals surface area contributed by atoms with E-state index in [1.54, 1.807) is 12.1 Å². The molecule has 0 radical (unpaired) electrons. The van der Waals surface area contributed by atoms with Gasteiger partial charge in [0, 0.05) is 0 Å². The molecule has 0 heterocycles. The molecule has 0 saturated heterocycles. The van der Waals surface area contributed by atoms with Gasteiger partial charge in [-0.1, -0.05) is 45.9 Å². The van der Waals surface area contributed by atoms with E-state index < -0.39 is 9.84 Å². The number of aliphatic hydroxyl groups is 1. The third-order valence-corrected chi connectivity index (χ3v) is 12.4. The van der Waals surface area contributed by atoms with Crippen LogP contribution in [0.5, 0.6) is 0 Å². The van der Waals surface area contributed by atoms with Gasteiger partial charge in [-0.25, -0.2) is 8.42 Å². The van der Waals surface area contributed by atoms with E-state index in [-0.39, 0.29) is 11.9 Å². The van der Waals surface area contributed by atoms with Crippen LogP contribution in [0.25, 0.3) is 0 Å². The molecule has 7 unspecified atom stereocenters. The summed E-state index contributed by atoms with van der Waals surface area (Å²) in [6, 6.07) is 8.99. The Kier molecular flexibility index (Phi) is 7.37. The van der Waals surface area contributed by atoms with Gasteiger partial charge < -0.3 is 5.11 Å². The maximum absolute atomic E-state index is 12.9. The molecule has 1 aromatic carbocycles. The number of rotatable bonds is 4. The number of hydrogen-bond donors (Lipinski definition) is 1. The lowest BCUT2D eigenvalue weighted by molar-refractivity contribution is -0.126. The van der Waals surface area contributed by atoms with E-state index in [1.807, 2.05) is 32.0 Å². The average molecular weight is 475 g/mol. The largest absolute Gasteiger partial charge is 0.393 e. The first-order valence-electron chi connectivity index (χ1n) is 13.7. The van der Waals surface area contributed by atoms with E-state index in [0.717, 1.165) is 37.0 Å². The van der Waals surface area contributed by atoms with E-state index in [9.17, 15) is 13.5 Å². The molecule has 0 amide bonds. The fourth-order valence-electron chi connectivity index (χ4n) is 8.86. The van der Waals surface area contributed by atoms with Gasteiger partial charge in [0.15, 0.2) is 9.84 Å². The summed E-state index contributed by atoms with van der Waals surface area (Å²) in [5.41, 5.74) is 0.725. The van der Waals surface area contributed by atoms with Crippen molar-refractivity contribution in [3.8, 4) is 0 Å². The first-order valence-corrected chi connectivity index (χ1v) is 15.3. The van der Waals surface area contributed by atoms with Crippen molar-refractivity contribution < 1.29 is 13.5 Å². The predicted molar refractivity (Wildman–Crippen MR) is 136 cm³/mol. The van der Waals surface area contributed by atoms with Crippen LogP contribution < -0.4 is 0 Å². The van der Waals surface area contributed by atoms with Crippen LogP contribution in [0.3, 0.4) is 0 Å². The number of benzene rings is 1. The first-order chi connectivity index (χ1) is 15.7. The molecule has 1 aromatic rings. The standard InChI is InChI=1S/C27H40O3S.C2H6/c1-26-16-13-25-23(10-8-20-18-21(28)12-15-27(20,25)2)24(26)11-9-19(26)14-17-31(29,30)22-6-4-3-5-7-22;1-2/h3-7,19-21,23-25,28H,8-18H2,1-2H3;1-2H3/t19-,20?,21?,23?,24?,25?,26?,27?;/m1./s1. The van der Waals surface area contributed by atoms with Gasteiger partial charge in [0.2, 0.25) is 0 Å². The second kappa shape index (κ2) is 9.64. The van der Waals surface area contributed by atoms with Crippen molar-refractivity contribution in [2.24, 2.45) is 40.4 Å². The number of fused-ring (bicyclic) bond motifs is 5. The summed E-state index contributed by atoms with van der Waals surface area (Å²) in [5, 5.41) is 10.2. The summed E-state index contributed by atoms with van der Waals surface area (Å²) in [5.74, 6) is 3.91. The maximum atomic E-state index is 12.9. The van der Waals surface area contributed by atoms with Gasteiger partial charge in [-0.3, -0.25) is 0 Å². The molecule has 1 N–H and O–H groups in total. The van der Waals surface area contributed by atoms with Crippen molar-refractivity contribution in [1.29, 1.82) is 0 Å². The smallest absolute Gasteiger partial charge is 0.178 e. The van der Waals surface area contributed by atoms with Gasteiger partial charge in [-0.2, -0.15) is 0 Å². The molecule has 186 valence electrons.